The highest BCUT2D eigenvalue weighted by molar-refractivity contribution is 5.08. The Morgan fingerprint density at radius 1 is 1.05 bits per heavy atom. The molecule has 5 fully saturated rings. The van der Waals surface area contributed by atoms with E-state index in [9.17, 15) is 0 Å². The molecule has 8 atom stereocenters. The van der Waals surface area contributed by atoms with E-state index in [2.05, 4.69) is 13.8 Å². The summed E-state index contributed by atoms with van der Waals surface area (Å²) in [5.74, 6) is 0.953. The summed E-state index contributed by atoms with van der Waals surface area (Å²) in [7, 11) is 1.70. The minimum absolute atomic E-state index is 0.230. The summed E-state index contributed by atoms with van der Waals surface area (Å²) >= 11 is 0. The summed E-state index contributed by atoms with van der Waals surface area (Å²) in [6, 6.07) is 0. The van der Waals surface area contributed by atoms with Gasteiger partial charge in [0.1, 0.15) is 0 Å². The maximum absolute atomic E-state index is 6.21. The highest BCUT2D eigenvalue weighted by Gasteiger charge is 2.69. The van der Waals surface area contributed by atoms with Crippen LogP contribution in [0.25, 0.3) is 0 Å². The summed E-state index contributed by atoms with van der Waals surface area (Å²) in [5, 5.41) is 0. The minimum atomic E-state index is -0.698. The van der Waals surface area contributed by atoms with Crippen molar-refractivity contribution in [1.82, 2.24) is 0 Å². The van der Waals surface area contributed by atoms with Gasteiger partial charge >= 0.3 is 0 Å². The molecule has 1 aliphatic carbocycles. The molecule has 1 saturated carbocycles. The summed E-state index contributed by atoms with van der Waals surface area (Å²) < 4.78 is 17.9. The van der Waals surface area contributed by atoms with Crippen LogP contribution in [-0.2, 0) is 24.0 Å². The molecule has 4 aliphatic heterocycles. The van der Waals surface area contributed by atoms with E-state index in [0.717, 1.165) is 19.3 Å². The van der Waals surface area contributed by atoms with Crippen LogP contribution in [0.5, 0.6) is 0 Å². The predicted octanol–water partition coefficient (Wildman–Crippen LogP) is 2.84. The van der Waals surface area contributed by atoms with Crippen LogP contribution in [0.4, 0.5) is 0 Å². The SMILES string of the molecule is CO[C@H]1OC2O[C@]3(C)CC[C@H]4[C@H](C)CC[C@@H]([C@H]1C)C24OO3. The van der Waals surface area contributed by atoms with Crippen LogP contribution in [-0.4, -0.2) is 31.1 Å². The third-order valence-electron chi connectivity index (χ3n) is 6.33. The van der Waals surface area contributed by atoms with E-state index >= 15 is 0 Å². The van der Waals surface area contributed by atoms with Gasteiger partial charge in [-0.1, -0.05) is 13.8 Å². The normalized spacial score (nSPS) is 59.4. The Balaban J connectivity index is 1.79. The van der Waals surface area contributed by atoms with Crippen molar-refractivity contribution in [3.63, 3.8) is 0 Å². The largest absolute Gasteiger partial charge is 0.355 e. The number of ether oxygens (including phenoxy) is 3. The standard InChI is InChI=1S/C16H26O5/c1-9-5-6-12-10(2)13(17-4)18-14-16(12)11(9)7-8-15(3,19-14)20-21-16/h9-14H,5-8H2,1-4H3/t9-,10-,11+,12+,13+,14?,15+,16?/m1/s1. The highest BCUT2D eigenvalue weighted by atomic mass is 17.3. The molecule has 4 saturated heterocycles. The fourth-order valence-corrected chi connectivity index (χ4v) is 5.14. The van der Waals surface area contributed by atoms with E-state index in [1.165, 1.54) is 6.42 Å². The first kappa shape index (κ1) is 14.4. The number of rotatable bonds is 1. The average molecular weight is 298 g/mol. The molecule has 5 nitrogen and oxygen atoms in total. The molecule has 1 spiro atoms. The maximum Gasteiger partial charge on any atom is 0.201 e. The van der Waals surface area contributed by atoms with E-state index in [1.807, 2.05) is 6.92 Å². The molecule has 0 aromatic carbocycles. The topological polar surface area (TPSA) is 46.2 Å². The molecule has 2 unspecified atom stereocenters. The lowest BCUT2D eigenvalue weighted by Gasteiger charge is -2.60. The van der Waals surface area contributed by atoms with Gasteiger partial charge in [-0.25, -0.2) is 9.78 Å². The van der Waals surface area contributed by atoms with Crippen molar-refractivity contribution in [3.8, 4) is 0 Å². The van der Waals surface area contributed by atoms with Crippen molar-refractivity contribution >= 4 is 0 Å². The van der Waals surface area contributed by atoms with Crippen LogP contribution in [0, 0.1) is 23.7 Å². The van der Waals surface area contributed by atoms with Gasteiger partial charge in [-0.2, -0.15) is 0 Å². The molecule has 21 heavy (non-hydrogen) atoms. The van der Waals surface area contributed by atoms with Gasteiger partial charge < -0.3 is 14.2 Å². The van der Waals surface area contributed by atoms with E-state index < -0.39 is 17.7 Å². The van der Waals surface area contributed by atoms with Crippen LogP contribution < -0.4 is 0 Å². The summed E-state index contributed by atoms with van der Waals surface area (Å²) in [6.07, 6.45) is 3.64. The Morgan fingerprint density at radius 2 is 1.86 bits per heavy atom. The van der Waals surface area contributed by atoms with E-state index in [0.29, 0.717) is 17.8 Å². The van der Waals surface area contributed by atoms with Crippen molar-refractivity contribution in [2.75, 3.05) is 7.11 Å². The lowest BCUT2D eigenvalue weighted by Crippen LogP contribution is -2.70. The molecule has 0 N–H and O–H groups in total. The van der Waals surface area contributed by atoms with Gasteiger partial charge in [0.15, 0.2) is 18.2 Å². The second-order valence-corrected chi connectivity index (χ2v) is 7.51. The van der Waals surface area contributed by atoms with Crippen molar-refractivity contribution in [2.45, 2.75) is 70.4 Å². The Kier molecular flexibility index (Phi) is 3.19. The third kappa shape index (κ3) is 1.81. The Hall–Kier alpha value is -0.200. The summed E-state index contributed by atoms with van der Waals surface area (Å²) in [6.45, 7) is 6.46. The molecule has 4 heterocycles. The average Bonchev–Trinajstić information content (AvgIpc) is 2.69. The van der Waals surface area contributed by atoms with Gasteiger partial charge in [-0.05, 0) is 38.0 Å². The fraction of sp³-hybridized carbons (Fsp3) is 1.00. The Labute approximate surface area is 126 Å². The van der Waals surface area contributed by atoms with Crippen LogP contribution in [0.15, 0.2) is 0 Å². The zero-order chi connectivity index (χ0) is 14.8. The molecule has 0 aromatic rings. The van der Waals surface area contributed by atoms with Crippen molar-refractivity contribution in [2.24, 2.45) is 23.7 Å². The molecule has 0 radical (unpaired) electrons. The number of methoxy groups -OCH3 is 1. The second kappa shape index (κ2) is 4.65. The number of fused-ring (bicyclic) bond motifs is 2. The van der Waals surface area contributed by atoms with Gasteiger partial charge in [0, 0.05) is 25.4 Å². The van der Waals surface area contributed by atoms with Crippen LogP contribution in [0.1, 0.15) is 46.5 Å². The molecular weight excluding hydrogens is 272 g/mol. The predicted molar refractivity (Wildman–Crippen MR) is 73.8 cm³/mol. The summed E-state index contributed by atoms with van der Waals surface area (Å²) in [4.78, 5) is 11.8. The lowest BCUT2D eigenvalue weighted by atomic mass is 9.58. The first-order valence-electron chi connectivity index (χ1n) is 8.23. The van der Waals surface area contributed by atoms with Crippen LogP contribution in [0.3, 0.4) is 0 Å². The first-order valence-corrected chi connectivity index (χ1v) is 8.23. The molecule has 5 aliphatic rings. The monoisotopic (exact) mass is 298 g/mol. The van der Waals surface area contributed by atoms with Gasteiger partial charge in [0.2, 0.25) is 5.79 Å². The van der Waals surface area contributed by atoms with Gasteiger partial charge in [0.25, 0.3) is 0 Å². The molecule has 0 amide bonds. The van der Waals surface area contributed by atoms with Gasteiger partial charge in [0.05, 0.1) is 0 Å². The molecular formula is C16H26O5. The van der Waals surface area contributed by atoms with Crippen molar-refractivity contribution in [3.05, 3.63) is 0 Å². The van der Waals surface area contributed by atoms with E-state index in [1.54, 1.807) is 7.11 Å². The zero-order valence-corrected chi connectivity index (χ0v) is 13.3. The third-order valence-corrected chi connectivity index (χ3v) is 6.33. The minimum Gasteiger partial charge on any atom is -0.355 e. The van der Waals surface area contributed by atoms with E-state index in [4.69, 9.17) is 24.0 Å². The lowest BCUT2D eigenvalue weighted by molar-refractivity contribution is -0.577. The Bertz CT molecular complexity index is 429. The van der Waals surface area contributed by atoms with Crippen molar-refractivity contribution < 1.29 is 24.0 Å². The summed E-state index contributed by atoms with van der Waals surface area (Å²) in [5.41, 5.74) is -0.470. The zero-order valence-electron chi connectivity index (χ0n) is 13.3. The number of hydrogen-bond acceptors (Lipinski definition) is 5. The molecule has 2 bridgehead atoms. The molecule has 5 rings (SSSR count). The fourth-order valence-electron chi connectivity index (χ4n) is 5.14. The Morgan fingerprint density at radius 3 is 2.62 bits per heavy atom. The van der Waals surface area contributed by atoms with Crippen LogP contribution >= 0.6 is 0 Å². The second-order valence-electron chi connectivity index (χ2n) is 7.51. The quantitative estimate of drug-likeness (QED) is 0.697. The number of hydrogen-bond donors (Lipinski definition) is 0. The van der Waals surface area contributed by atoms with E-state index in [-0.39, 0.29) is 12.2 Å². The molecule has 120 valence electrons. The maximum atomic E-state index is 6.21. The smallest absolute Gasteiger partial charge is 0.201 e. The molecule has 5 heteroatoms. The molecule has 0 aromatic heterocycles. The van der Waals surface area contributed by atoms with Gasteiger partial charge in [-0.3, -0.25) is 0 Å². The van der Waals surface area contributed by atoms with Crippen molar-refractivity contribution in [1.29, 1.82) is 0 Å². The van der Waals surface area contributed by atoms with Gasteiger partial charge in [-0.15, -0.1) is 0 Å². The highest BCUT2D eigenvalue weighted by Crippen LogP contribution is 2.60. The van der Waals surface area contributed by atoms with Crippen LogP contribution in [0.2, 0.25) is 0 Å². The first-order chi connectivity index (χ1) is 10.00.